The predicted molar refractivity (Wildman–Crippen MR) is 65.9 cm³/mol. The van der Waals surface area contributed by atoms with E-state index in [9.17, 15) is 8.42 Å². The van der Waals surface area contributed by atoms with E-state index in [1.807, 2.05) is 6.92 Å². The molecule has 0 saturated carbocycles. The Morgan fingerprint density at radius 3 is 2.20 bits per heavy atom. The molecule has 0 heterocycles. The van der Waals surface area contributed by atoms with Gasteiger partial charge in [0.1, 0.15) is 0 Å². The normalized spacial score (nSPS) is 16.3. The van der Waals surface area contributed by atoms with Gasteiger partial charge in [-0.3, -0.25) is 0 Å². The van der Waals surface area contributed by atoms with Gasteiger partial charge in [-0.15, -0.1) is 0 Å². The minimum absolute atomic E-state index is 0.267. The van der Waals surface area contributed by atoms with Gasteiger partial charge in [-0.1, -0.05) is 20.3 Å². The highest BCUT2D eigenvalue weighted by molar-refractivity contribution is 7.92. The van der Waals surface area contributed by atoms with Crippen molar-refractivity contribution in [3.8, 4) is 0 Å². The molecule has 0 aromatic heterocycles. The van der Waals surface area contributed by atoms with Gasteiger partial charge in [0.05, 0.1) is 11.0 Å². The molecule has 0 aromatic rings. The minimum atomic E-state index is -2.88. The molecule has 0 aliphatic rings. The van der Waals surface area contributed by atoms with Crippen LogP contribution in [0.1, 0.15) is 47.0 Å². The highest BCUT2D eigenvalue weighted by Crippen LogP contribution is 2.04. The lowest BCUT2D eigenvalue weighted by atomic mass is 10.2. The minimum Gasteiger partial charge on any atom is -0.313 e. The van der Waals surface area contributed by atoms with Crippen LogP contribution < -0.4 is 5.32 Å². The fourth-order valence-corrected chi connectivity index (χ4v) is 2.84. The quantitative estimate of drug-likeness (QED) is 0.700. The Morgan fingerprint density at radius 2 is 1.73 bits per heavy atom. The van der Waals surface area contributed by atoms with E-state index in [0.717, 1.165) is 12.8 Å². The summed E-state index contributed by atoms with van der Waals surface area (Å²) in [6, 6.07) is 0.411. The van der Waals surface area contributed by atoms with Gasteiger partial charge in [0.2, 0.25) is 0 Å². The molecule has 0 spiro atoms. The van der Waals surface area contributed by atoms with Crippen molar-refractivity contribution < 1.29 is 8.42 Å². The molecule has 92 valence electrons. The molecular formula is C11H25NO2S. The van der Waals surface area contributed by atoms with E-state index >= 15 is 0 Å². The summed E-state index contributed by atoms with van der Waals surface area (Å²) < 4.78 is 23.3. The van der Waals surface area contributed by atoms with Gasteiger partial charge in [-0.2, -0.15) is 0 Å². The van der Waals surface area contributed by atoms with Gasteiger partial charge in [-0.25, -0.2) is 8.42 Å². The van der Waals surface area contributed by atoms with Gasteiger partial charge in [-0.05, 0) is 26.7 Å². The molecular weight excluding hydrogens is 210 g/mol. The Bertz CT molecular complexity index is 249. The molecule has 0 aliphatic carbocycles. The SMILES string of the molecule is CCCC(C)NCC(C)S(=O)(=O)CCC. The maximum atomic E-state index is 11.7. The van der Waals surface area contributed by atoms with E-state index in [2.05, 4.69) is 19.2 Å². The van der Waals surface area contributed by atoms with Crippen LogP contribution in [0, 0.1) is 0 Å². The van der Waals surface area contributed by atoms with Gasteiger partial charge in [0, 0.05) is 12.6 Å². The summed E-state index contributed by atoms with van der Waals surface area (Å²) in [7, 11) is -2.88. The molecule has 0 rings (SSSR count). The number of sulfone groups is 1. The zero-order chi connectivity index (χ0) is 11.9. The molecule has 2 atom stereocenters. The average molecular weight is 235 g/mol. The molecule has 0 aromatic carbocycles. The lowest BCUT2D eigenvalue weighted by Crippen LogP contribution is -2.37. The molecule has 4 heteroatoms. The maximum absolute atomic E-state index is 11.7. The molecule has 0 bridgehead atoms. The van der Waals surface area contributed by atoms with Crippen LogP contribution in [0.15, 0.2) is 0 Å². The van der Waals surface area contributed by atoms with Crippen LogP contribution in [0.25, 0.3) is 0 Å². The van der Waals surface area contributed by atoms with Crippen LogP contribution in [0.3, 0.4) is 0 Å². The molecule has 0 aliphatic heterocycles. The lowest BCUT2D eigenvalue weighted by Gasteiger charge is -2.17. The first kappa shape index (κ1) is 14.9. The van der Waals surface area contributed by atoms with Crippen LogP contribution >= 0.6 is 0 Å². The fraction of sp³-hybridized carbons (Fsp3) is 1.00. The summed E-state index contributed by atoms with van der Waals surface area (Å²) >= 11 is 0. The largest absolute Gasteiger partial charge is 0.313 e. The Kier molecular flexibility index (Phi) is 7.18. The Hall–Kier alpha value is -0.0900. The van der Waals surface area contributed by atoms with Crippen molar-refractivity contribution in [1.29, 1.82) is 0 Å². The van der Waals surface area contributed by atoms with Crippen LogP contribution in [0.5, 0.6) is 0 Å². The highest BCUT2D eigenvalue weighted by atomic mass is 32.2. The summed E-state index contributed by atoms with van der Waals surface area (Å²) in [5.41, 5.74) is 0. The van der Waals surface area contributed by atoms with Gasteiger partial charge in [0.15, 0.2) is 9.84 Å². The topological polar surface area (TPSA) is 46.2 Å². The fourth-order valence-electron chi connectivity index (χ4n) is 1.51. The summed E-state index contributed by atoms with van der Waals surface area (Å²) in [6.07, 6.45) is 2.93. The van der Waals surface area contributed by atoms with Crippen LogP contribution in [0.2, 0.25) is 0 Å². The molecule has 15 heavy (non-hydrogen) atoms. The van der Waals surface area contributed by atoms with Crippen LogP contribution in [-0.2, 0) is 9.84 Å². The first-order chi connectivity index (χ1) is 6.94. The zero-order valence-corrected chi connectivity index (χ0v) is 11.2. The molecule has 0 fully saturated rings. The maximum Gasteiger partial charge on any atom is 0.154 e. The summed E-state index contributed by atoms with van der Waals surface area (Å²) in [5, 5.41) is 3.00. The van der Waals surface area contributed by atoms with Crippen LogP contribution in [-0.4, -0.2) is 32.0 Å². The first-order valence-electron chi connectivity index (χ1n) is 5.89. The third-order valence-electron chi connectivity index (χ3n) is 2.58. The van der Waals surface area contributed by atoms with E-state index in [-0.39, 0.29) is 5.25 Å². The Balaban J connectivity index is 3.97. The number of hydrogen-bond acceptors (Lipinski definition) is 3. The van der Waals surface area contributed by atoms with Crippen molar-refractivity contribution >= 4 is 9.84 Å². The van der Waals surface area contributed by atoms with Crippen molar-refractivity contribution in [2.24, 2.45) is 0 Å². The third-order valence-corrected chi connectivity index (χ3v) is 4.95. The zero-order valence-electron chi connectivity index (χ0n) is 10.4. The van der Waals surface area contributed by atoms with Crippen LogP contribution in [0.4, 0.5) is 0 Å². The molecule has 3 nitrogen and oxygen atoms in total. The van der Waals surface area contributed by atoms with E-state index in [1.165, 1.54) is 0 Å². The van der Waals surface area contributed by atoms with Gasteiger partial charge in [0.25, 0.3) is 0 Å². The molecule has 0 saturated heterocycles. The molecule has 2 unspecified atom stereocenters. The highest BCUT2D eigenvalue weighted by Gasteiger charge is 2.19. The first-order valence-corrected chi connectivity index (χ1v) is 7.60. The molecule has 0 radical (unpaired) electrons. The standard InChI is InChI=1S/C11H25NO2S/c1-5-7-10(3)12-9-11(4)15(13,14)8-6-2/h10-12H,5-9H2,1-4H3. The van der Waals surface area contributed by atoms with E-state index in [1.54, 1.807) is 6.92 Å². The lowest BCUT2D eigenvalue weighted by molar-refractivity contribution is 0.501. The van der Waals surface area contributed by atoms with Crippen molar-refractivity contribution in [3.63, 3.8) is 0 Å². The van der Waals surface area contributed by atoms with E-state index in [0.29, 0.717) is 24.8 Å². The molecule has 1 N–H and O–H groups in total. The second-order valence-corrected chi connectivity index (χ2v) is 6.81. The Labute approximate surface area is 94.6 Å². The van der Waals surface area contributed by atoms with Crippen molar-refractivity contribution in [3.05, 3.63) is 0 Å². The van der Waals surface area contributed by atoms with Crippen molar-refractivity contribution in [2.75, 3.05) is 12.3 Å². The number of rotatable bonds is 8. The molecule has 0 amide bonds. The van der Waals surface area contributed by atoms with E-state index < -0.39 is 9.84 Å². The second kappa shape index (κ2) is 7.23. The van der Waals surface area contributed by atoms with Gasteiger partial charge < -0.3 is 5.32 Å². The summed E-state index contributed by atoms with van der Waals surface area (Å²) in [5.74, 6) is 0.304. The predicted octanol–water partition coefficient (Wildman–Crippen LogP) is 1.98. The van der Waals surface area contributed by atoms with Gasteiger partial charge >= 0.3 is 0 Å². The monoisotopic (exact) mass is 235 g/mol. The smallest absolute Gasteiger partial charge is 0.154 e. The third kappa shape index (κ3) is 6.15. The van der Waals surface area contributed by atoms with Crippen molar-refractivity contribution in [1.82, 2.24) is 5.32 Å². The number of hydrogen-bond donors (Lipinski definition) is 1. The van der Waals surface area contributed by atoms with E-state index in [4.69, 9.17) is 0 Å². The second-order valence-electron chi connectivity index (χ2n) is 4.28. The Morgan fingerprint density at radius 1 is 1.13 bits per heavy atom. The number of nitrogens with one attached hydrogen (secondary N) is 1. The van der Waals surface area contributed by atoms with Crippen molar-refractivity contribution in [2.45, 2.75) is 58.2 Å². The summed E-state index contributed by atoms with van der Waals surface area (Å²) in [4.78, 5) is 0. The summed E-state index contributed by atoms with van der Waals surface area (Å²) in [6.45, 7) is 8.50. The average Bonchev–Trinajstić information content (AvgIpc) is 2.14.